The van der Waals surface area contributed by atoms with Crippen molar-refractivity contribution < 1.29 is 0 Å². The molecule has 0 saturated heterocycles. The Kier molecular flexibility index (Phi) is 8.71. The van der Waals surface area contributed by atoms with E-state index < -0.39 is 0 Å². The molecule has 0 amide bonds. The lowest BCUT2D eigenvalue weighted by atomic mass is 9.69. The third-order valence-corrected chi connectivity index (χ3v) is 7.88. The highest BCUT2D eigenvalue weighted by Crippen LogP contribution is 2.45. The molecule has 0 spiro atoms. The fourth-order valence-electron chi connectivity index (χ4n) is 5.57. The van der Waals surface area contributed by atoms with Crippen LogP contribution in [0.15, 0.2) is 11.6 Å². The molecule has 2 aliphatic rings. The summed E-state index contributed by atoms with van der Waals surface area (Å²) in [4.78, 5) is 0. The summed E-state index contributed by atoms with van der Waals surface area (Å²) in [6, 6.07) is 0. The molecule has 2 rings (SSSR count). The number of nitrogens with one attached hydrogen (secondary N) is 1. The maximum atomic E-state index is 3.41. The summed E-state index contributed by atoms with van der Waals surface area (Å²) in [5.41, 5.74) is 2.12. The SMILES string of the molecule is CCC(CCC1CC(C(C)C)CCC[C@H]1C)C(C)(C=C1CC1)CCNC. The van der Waals surface area contributed by atoms with Gasteiger partial charge in [0.15, 0.2) is 0 Å². The van der Waals surface area contributed by atoms with E-state index in [4.69, 9.17) is 0 Å². The maximum Gasteiger partial charge on any atom is -0.00436 e. The molecule has 2 fully saturated rings. The number of hydrogen-bond acceptors (Lipinski definition) is 1. The van der Waals surface area contributed by atoms with Crippen molar-refractivity contribution in [3.8, 4) is 0 Å². The molecule has 0 aliphatic heterocycles. The topological polar surface area (TPSA) is 12.0 Å². The average Bonchev–Trinajstić information content (AvgIpc) is 3.42. The Morgan fingerprint density at radius 3 is 2.54 bits per heavy atom. The summed E-state index contributed by atoms with van der Waals surface area (Å²) in [5.74, 6) is 4.57. The molecular formula is C25H47N. The lowest BCUT2D eigenvalue weighted by Gasteiger charge is -2.37. The van der Waals surface area contributed by atoms with E-state index in [9.17, 15) is 0 Å². The predicted octanol–water partition coefficient (Wildman–Crippen LogP) is 7.23. The van der Waals surface area contributed by atoms with Crippen molar-refractivity contribution >= 4 is 0 Å². The minimum absolute atomic E-state index is 0.398. The first-order chi connectivity index (χ1) is 12.4. The Morgan fingerprint density at radius 2 is 1.96 bits per heavy atom. The second-order valence-electron chi connectivity index (χ2n) is 10.3. The normalized spacial score (nSPS) is 30.0. The van der Waals surface area contributed by atoms with E-state index in [-0.39, 0.29) is 0 Å². The van der Waals surface area contributed by atoms with Crippen molar-refractivity contribution in [1.82, 2.24) is 5.32 Å². The molecule has 1 nitrogen and oxygen atoms in total. The molecule has 0 heterocycles. The van der Waals surface area contributed by atoms with Crippen molar-refractivity contribution in [2.45, 2.75) is 98.8 Å². The number of hydrogen-bond donors (Lipinski definition) is 1. The first kappa shape index (κ1) is 22.0. The van der Waals surface area contributed by atoms with Gasteiger partial charge < -0.3 is 5.32 Å². The van der Waals surface area contributed by atoms with Crippen molar-refractivity contribution in [2.75, 3.05) is 13.6 Å². The molecule has 5 atom stereocenters. The summed E-state index contributed by atoms with van der Waals surface area (Å²) in [7, 11) is 2.10. The van der Waals surface area contributed by atoms with E-state index in [0.29, 0.717) is 5.41 Å². The van der Waals surface area contributed by atoms with Crippen LogP contribution in [0.2, 0.25) is 0 Å². The minimum atomic E-state index is 0.398. The molecule has 152 valence electrons. The first-order valence-corrected chi connectivity index (χ1v) is 11.7. The van der Waals surface area contributed by atoms with Gasteiger partial charge in [-0.3, -0.25) is 0 Å². The first-order valence-electron chi connectivity index (χ1n) is 11.7. The van der Waals surface area contributed by atoms with Crippen molar-refractivity contribution in [3.05, 3.63) is 11.6 Å². The zero-order valence-electron chi connectivity index (χ0n) is 18.7. The third kappa shape index (κ3) is 6.39. The summed E-state index contributed by atoms with van der Waals surface area (Å²) < 4.78 is 0. The fraction of sp³-hybridized carbons (Fsp3) is 0.920. The van der Waals surface area contributed by atoms with Gasteiger partial charge in [-0.15, -0.1) is 0 Å². The average molecular weight is 362 g/mol. The monoisotopic (exact) mass is 361 g/mol. The van der Waals surface area contributed by atoms with Gasteiger partial charge in [0, 0.05) is 0 Å². The predicted molar refractivity (Wildman–Crippen MR) is 116 cm³/mol. The molecule has 0 aromatic carbocycles. The zero-order valence-corrected chi connectivity index (χ0v) is 18.7. The highest BCUT2D eigenvalue weighted by Gasteiger charge is 2.34. The van der Waals surface area contributed by atoms with Gasteiger partial charge >= 0.3 is 0 Å². The molecule has 26 heavy (non-hydrogen) atoms. The van der Waals surface area contributed by atoms with Crippen molar-refractivity contribution in [1.29, 1.82) is 0 Å². The van der Waals surface area contributed by atoms with Gasteiger partial charge in [0.25, 0.3) is 0 Å². The van der Waals surface area contributed by atoms with Gasteiger partial charge in [-0.25, -0.2) is 0 Å². The lowest BCUT2D eigenvalue weighted by Crippen LogP contribution is -2.30. The van der Waals surface area contributed by atoms with Gasteiger partial charge in [0.05, 0.1) is 0 Å². The molecular weight excluding hydrogens is 314 g/mol. The Balaban J connectivity index is 2.01. The Labute approximate surface area is 164 Å². The van der Waals surface area contributed by atoms with Gasteiger partial charge in [-0.2, -0.15) is 0 Å². The molecule has 1 N–H and O–H groups in total. The van der Waals surface area contributed by atoms with Crippen LogP contribution in [0.1, 0.15) is 98.8 Å². The van der Waals surface area contributed by atoms with Crippen molar-refractivity contribution in [2.24, 2.45) is 35.0 Å². The lowest BCUT2D eigenvalue weighted by molar-refractivity contribution is 0.177. The van der Waals surface area contributed by atoms with Crippen LogP contribution >= 0.6 is 0 Å². The van der Waals surface area contributed by atoms with Gasteiger partial charge in [-0.05, 0) is 87.1 Å². The third-order valence-electron chi connectivity index (χ3n) is 7.88. The van der Waals surface area contributed by atoms with Gasteiger partial charge in [-0.1, -0.05) is 72.0 Å². The molecule has 1 heteroatoms. The second kappa shape index (κ2) is 10.3. The number of allylic oxidation sites excluding steroid dienone is 2. The van der Waals surface area contributed by atoms with Crippen LogP contribution in [-0.4, -0.2) is 13.6 Å². The fourth-order valence-corrected chi connectivity index (χ4v) is 5.57. The van der Waals surface area contributed by atoms with E-state index in [1.807, 2.05) is 0 Å². The molecule has 4 unspecified atom stereocenters. The van der Waals surface area contributed by atoms with E-state index in [1.54, 1.807) is 5.57 Å². The summed E-state index contributed by atoms with van der Waals surface area (Å²) >= 11 is 0. The van der Waals surface area contributed by atoms with Crippen molar-refractivity contribution in [3.63, 3.8) is 0 Å². The van der Waals surface area contributed by atoms with Gasteiger partial charge in [0.1, 0.15) is 0 Å². The molecule has 0 bridgehead atoms. The molecule has 2 aliphatic carbocycles. The van der Waals surface area contributed by atoms with Crippen LogP contribution in [-0.2, 0) is 0 Å². The van der Waals surface area contributed by atoms with E-state index in [1.165, 1.54) is 64.2 Å². The summed E-state index contributed by atoms with van der Waals surface area (Å²) in [5, 5.41) is 3.41. The van der Waals surface area contributed by atoms with Gasteiger partial charge in [0.2, 0.25) is 0 Å². The van der Waals surface area contributed by atoms with Crippen LogP contribution < -0.4 is 5.32 Å². The van der Waals surface area contributed by atoms with Crippen LogP contribution in [0.25, 0.3) is 0 Å². The molecule has 0 radical (unpaired) electrons. The molecule has 0 aromatic rings. The standard InChI is InChI=1S/C25H47N/c1-7-24(25(5,15-16-26-6)18-21-11-12-21)14-13-23-17-22(19(2)3)10-8-9-20(23)4/h18-20,22-24,26H,7-17H2,1-6H3/t20-,22?,23?,24?,25?/m1/s1. The molecule has 2 saturated carbocycles. The molecule has 0 aromatic heterocycles. The van der Waals surface area contributed by atoms with E-state index in [2.05, 4.69) is 53.1 Å². The Hall–Kier alpha value is -0.300. The zero-order chi connectivity index (χ0) is 19.2. The Bertz CT molecular complexity index is 431. The minimum Gasteiger partial charge on any atom is -0.320 e. The highest BCUT2D eigenvalue weighted by molar-refractivity contribution is 5.21. The maximum absolute atomic E-state index is 3.41. The number of rotatable bonds is 10. The summed E-state index contributed by atoms with van der Waals surface area (Å²) in [6.07, 6.45) is 16.8. The van der Waals surface area contributed by atoms with Crippen LogP contribution in [0, 0.1) is 35.0 Å². The second-order valence-corrected chi connectivity index (χ2v) is 10.3. The van der Waals surface area contributed by atoms with Crippen LogP contribution in [0.5, 0.6) is 0 Å². The van der Waals surface area contributed by atoms with Crippen LogP contribution in [0.3, 0.4) is 0 Å². The van der Waals surface area contributed by atoms with E-state index in [0.717, 1.165) is 36.1 Å². The highest BCUT2D eigenvalue weighted by atomic mass is 14.8. The smallest absolute Gasteiger partial charge is 0.00436 e. The van der Waals surface area contributed by atoms with E-state index >= 15 is 0 Å². The largest absolute Gasteiger partial charge is 0.320 e. The Morgan fingerprint density at radius 1 is 1.23 bits per heavy atom. The quantitative estimate of drug-likeness (QED) is 0.320. The summed E-state index contributed by atoms with van der Waals surface area (Å²) in [6.45, 7) is 13.6. The van der Waals surface area contributed by atoms with Crippen LogP contribution in [0.4, 0.5) is 0 Å².